The van der Waals surface area contributed by atoms with Gasteiger partial charge in [-0.15, -0.1) is 26.3 Å². The molecule has 0 fully saturated rings. The van der Waals surface area contributed by atoms with E-state index in [9.17, 15) is 14.4 Å². The Labute approximate surface area is 160 Å². The number of ether oxygens (including phenoxy) is 1. The molecular weight excluding hydrogens is 340 g/mol. The minimum atomic E-state index is -0.260. The topological polar surface area (TPSA) is 60.4 Å². The molecule has 0 saturated heterocycles. The number of hydrogen-bond donors (Lipinski definition) is 0. The first-order chi connectivity index (χ1) is 13.0. The van der Waals surface area contributed by atoms with Crippen molar-refractivity contribution in [3.05, 3.63) is 85.0 Å². The summed E-state index contributed by atoms with van der Waals surface area (Å²) in [5.74, 6) is -0.667. The summed E-state index contributed by atoms with van der Waals surface area (Å²) in [6.45, 7) is 15.0. The van der Waals surface area contributed by atoms with Crippen LogP contribution >= 0.6 is 0 Å². The zero-order chi connectivity index (χ0) is 20.2. The summed E-state index contributed by atoms with van der Waals surface area (Å²) >= 11 is 0. The molecule has 142 valence electrons. The van der Waals surface area contributed by atoms with Crippen LogP contribution in [0.25, 0.3) is 0 Å². The van der Waals surface area contributed by atoms with Crippen LogP contribution in [0.5, 0.6) is 0 Å². The Morgan fingerprint density at radius 2 is 1.22 bits per heavy atom. The minimum Gasteiger partial charge on any atom is -0.376 e. The Balaban J connectivity index is 3.47. The van der Waals surface area contributed by atoms with Crippen LogP contribution in [0.1, 0.15) is 62.3 Å². The van der Waals surface area contributed by atoms with Gasteiger partial charge in [-0.2, -0.15) is 0 Å². The average molecular weight is 366 g/mol. The van der Waals surface area contributed by atoms with Gasteiger partial charge in [0.2, 0.25) is 0 Å². The van der Waals surface area contributed by atoms with Crippen LogP contribution in [0, 0.1) is 0 Å². The fraction of sp³-hybridized carbons (Fsp3) is 0.261. The van der Waals surface area contributed by atoms with Crippen molar-refractivity contribution in [1.29, 1.82) is 0 Å². The Kier molecular flexibility index (Phi) is 9.62. The van der Waals surface area contributed by atoms with Crippen molar-refractivity contribution in [2.75, 3.05) is 6.61 Å². The average Bonchev–Trinajstić information content (AvgIpc) is 2.65. The maximum atomic E-state index is 12.5. The van der Waals surface area contributed by atoms with E-state index in [1.807, 2.05) is 0 Å². The molecular formula is C23H26O4. The molecule has 0 bridgehead atoms. The third-order valence-corrected chi connectivity index (χ3v) is 3.86. The zero-order valence-corrected chi connectivity index (χ0v) is 15.7. The number of rotatable bonds is 14. The molecule has 0 aromatic heterocycles. The lowest BCUT2D eigenvalue weighted by Crippen LogP contribution is -2.14. The Morgan fingerprint density at radius 1 is 0.741 bits per heavy atom. The second-order valence-electron chi connectivity index (χ2n) is 5.93. The van der Waals surface area contributed by atoms with Crippen LogP contribution in [0.2, 0.25) is 0 Å². The summed E-state index contributed by atoms with van der Waals surface area (Å²) < 4.78 is 5.59. The summed E-state index contributed by atoms with van der Waals surface area (Å²) in [7, 11) is 0. The van der Waals surface area contributed by atoms with Crippen LogP contribution in [0.3, 0.4) is 0 Å². The van der Waals surface area contributed by atoms with Gasteiger partial charge >= 0.3 is 0 Å². The fourth-order valence-corrected chi connectivity index (χ4v) is 2.56. The Bertz CT molecular complexity index is 756. The largest absolute Gasteiger partial charge is 0.376 e. The van der Waals surface area contributed by atoms with Crippen LogP contribution in [-0.2, 0) is 11.3 Å². The molecule has 0 aliphatic heterocycles. The van der Waals surface area contributed by atoms with Gasteiger partial charge in [-0.25, -0.2) is 0 Å². The monoisotopic (exact) mass is 366 g/mol. The number of hydrogen-bond acceptors (Lipinski definition) is 4. The summed E-state index contributed by atoms with van der Waals surface area (Å²) in [5, 5.41) is 0. The Hall–Kier alpha value is -2.85. The first kappa shape index (κ1) is 22.2. The lowest BCUT2D eigenvalue weighted by atomic mass is 9.90. The molecule has 0 aliphatic carbocycles. The summed E-state index contributed by atoms with van der Waals surface area (Å²) in [4.78, 5) is 37.5. The third-order valence-electron chi connectivity index (χ3n) is 3.86. The van der Waals surface area contributed by atoms with Crippen molar-refractivity contribution < 1.29 is 19.1 Å². The molecule has 0 amide bonds. The predicted molar refractivity (Wildman–Crippen MR) is 108 cm³/mol. The van der Waals surface area contributed by atoms with E-state index in [4.69, 9.17) is 4.74 Å². The van der Waals surface area contributed by atoms with Gasteiger partial charge in [0.1, 0.15) is 0 Å². The van der Waals surface area contributed by atoms with E-state index in [1.165, 1.54) is 24.3 Å². The lowest BCUT2D eigenvalue weighted by Gasteiger charge is -2.14. The zero-order valence-electron chi connectivity index (χ0n) is 15.7. The molecule has 0 N–H and O–H groups in total. The van der Waals surface area contributed by atoms with Gasteiger partial charge in [-0.3, -0.25) is 14.4 Å². The van der Waals surface area contributed by atoms with Crippen molar-refractivity contribution in [2.24, 2.45) is 0 Å². The summed E-state index contributed by atoms with van der Waals surface area (Å²) in [5.41, 5.74) is 1.45. The molecule has 0 heterocycles. The standard InChI is InChI=1S/C23H26O4/c1-5-9-13-27-16-17-14-19(22(25)11-7-3)20(23(26)12-8-4)15-18(17)21(24)10-6-2/h5-8,14-15H,1-4,9-13,16H2. The van der Waals surface area contributed by atoms with Crippen molar-refractivity contribution in [3.8, 4) is 0 Å². The van der Waals surface area contributed by atoms with E-state index in [0.29, 0.717) is 24.2 Å². The highest BCUT2D eigenvalue weighted by molar-refractivity contribution is 6.11. The van der Waals surface area contributed by atoms with Gasteiger partial charge in [0.15, 0.2) is 17.3 Å². The van der Waals surface area contributed by atoms with Crippen LogP contribution in [0.15, 0.2) is 62.8 Å². The number of allylic oxidation sites excluding steroid dienone is 3. The Morgan fingerprint density at radius 3 is 1.70 bits per heavy atom. The van der Waals surface area contributed by atoms with Crippen molar-refractivity contribution in [1.82, 2.24) is 0 Å². The van der Waals surface area contributed by atoms with E-state index in [0.717, 1.165) is 0 Å². The number of ketones is 3. The minimum absolute atomic E-state index is 0.0820. The molecule has 1 rings (SSSR count). The fourth-order valence-electron chi connectivity index (χ4n) is 2.56. The lowest BCUT2D eigenvalue weighted by molar-refractivity contribution is 0.0957. The van der Waals surface area contributed by atoms with Crippen molar-refractivity contribution >= 4 is 17.3 Å². The van der Waals surface area contributed by atoms with Crippen LogP contribution in [-0.4, -0.2) is 24.0 Å². The smallest absolute Gasteiger partial charge is 0.167 e. The first-order valence-electron chi connectivity index (χ1n) is 8.77. The molecule has 4 heteroatoms. The molecule has 1 aromatic carbocycles. The van der Waals surface area contributed by atoms with Gasteiger partial charge in [0, 0.05) is 36.0 Å². The highest BCUT2D eigenvalue weighted by Crippen LogP contribution is 2.23. The molecule has 4 nitrogen and oxygen atoms in total. The van der Waals surface area contributed by atoms with Crippen LogP contribution in [0.4, 0.5) is 0 Å². The molecule has 0 spiro atoms. The molecule has 0 aliphatic rings. The molecule has 27 heavy (non-hydrogen) atoms. The third kappa shape index (κ3) is 6.42. The van der Waals surface area contributed by atoms with Gasteiger partial charge in [0.05, 0.1) is 13.2 Å². The van der Waals surface area contributed by atoms with Gasteiger partial charge in [-0.1, -0.05) is 24.3 Å². The van der Waals surface area contributed by atoms with Crippen molar-refractivity contribution in [2.45, 2.75) is 32.3 Å². The SMILES string of the molecule is C=CCCOCc1cc(C(=O)CC=C)c(C(=O)CC=C)cc1C(=O)CC=C. The molecule has 0 atom stereocenters. The summed E-state index contributed by atoms with van der Waals surface area (Å²) in [6.07, 6.45) is 7.20. The van der Waals surface area contributed by atoms with E-state index in [1.54, 1.807) is 12.1 Å². The van der Waals surface area contributed by atoms with E-state index < -0.39 is 0 Å². The predicted octanol–water partition coefficient (Wildman–Crippen LogP) is 5.06. The van der Waals surface area contributed by atoms with E-state index in [2.05, 4.69) is 26.3 Å². The highest BCUT2D eigenvalue weighted by atomic mass is 16.5. The maximum Gasteiger partial charge on any atom is 0.167 e. The quantitative estimate of drug-likeness (QED) is 0.262. The van der Waals surface area contributed by atoms with Crippen molar-refractivity contribution in [3.63, 3.8) is 0 Å². The van der Waals surface area contributed by atoms with Gasteiger partial charge in [0.25, 0.3) is 0 Å². The molecule has 0 saturated carbocycles. The highest BCUT2D eigenvalue weighted by Gasteiger charge is 2.21. The molecule has 0 unspecified atom stereocenters. The summed E-state index contributed by atoms with van der Waals surface area (Å²) in [6, 6.07) is 3.09. The molecule has 0 radical (unpaired) electrons. The maximum absolute atomic E-state index is 12.5. The van der Waals surface area contributed by atoms with Gasteiger partial charge < -0.3 is 4.74 Å². The number of carbonyl (C=O) groups is 3. The number of benzene rings is 1. The normalized spacial score (nSPS) is 10.1. The number of Topliss-reactive ketones (excluding diaryl/α,β-unsaturated/α-hetero) is 3. The first-order valence-corrected chi connectivity index (χ1v) is 8.77. The second-order valence-corrected chi connectivity index (χ2v) is 5.93. The number of carbonyl (C=O) groups excluding carboxylic acids is 3. The van der Waals surface area contributed by atoms with Gasteiger partial charge in [-0.05, 0) is 24.1 Å². The van der Waals surface area contributed by atoms with Crippen LogP contribution < -0.4 is 0 Å². The second kappa shape index (κ2) is 11.7. The van der Waals surface area contributed by atoms with E-state index in [-0.39, 0.29) is 54.3 Å². The van der Waals surface area contributed by atoms with E-state index >= 15 is 0 Å². The molecule has 1 aromatic rings.